The molecule has 1 aliphatic heterocycles. The summed E-state index contributed by atoms with van der Waals surface area (Å²) in [4.78, 5) is 24.7. The maximum Gasteiger partial charge on any atom is 0.225 e. The molecule has 0 saturated carbocycles. The van der Waals surface area contributed by atoms with Crippen LogP contribution in [0.25, 0.3) is 0 Å². The highest BCUT2D eigenvalue weighted by atomic mass is 16.2. The second-order valence-corrected chi connectivity index (χ2v) is 4.57. The molecule has 1 atom stereocenters. The second-order valence-electron chi connectivity index (χ2n) is 4.57. The number of rotatable bonds is 5. The minimum Gasteiger partial charge on any atom is -0.355 e. The molecule has 1 heterocycles. The summed E-state index contributed by atoms with van der Waals surface area (Å²) in [5.41, 5.74) is 0. The number of hydrogen-bond acceptors (Lipinski definition) is 3. The fourth-order valence-corrected chi connectivity index (χ4v) is 1.55. The maximum atomic E-state index is 11.6. The number of hydrogen-bond donors (Lipinski definition) is 2. The summed E-state index contributed by atoms with van der Waals surface area (Å²) in [6.07, 6.45) is 0.325. The Morgan fingerprint density at radius 1 is 1.62 bits per heavy atom. The minimum absolute atomic E-state index is 0.0180. The molecule has 0 aromatic carbocycles. The quantitative estimate of drug-likeness (QED) is 0.670. The lowest BCUT2D eigenvalue weighted by Crippen LogP contribution is -2.39. The Labute approximate surface area is 96.6 Å². The molecular weight excluding hydrogens is 206 g/mol. The average Bonchev–Trinajstić information content (AvgIpc) is 2.64. The highest BCUT2D eigenvalue weighted by molar-refractivity contribution is 5.89. The van der Waals surface area contributed by atoms with E-state index >= 15 is 0 Å². The molecule has 0 radical (unpaired) electrons. The summed E-state index contributed by atoms with van der Waals surface area (Å²) in [5.74, 6) is -0.230. The van der Waals surface area contributed by atoms with Crippen molar-refractivity contribution in [1.82, 2.24) is 15.5 Å². The molecule has 5 nitrogen and oxygen atoms in total. The van der Waals surface area contributed by atoms with Crippen molar-refractivity contribution in [2.45, 2.75) is 26.3 Å². The Balaban J connectivity index is 2.18. The number of likely N-dealkylation sites (N-methyl/N-ethyl adjacent to an activating group) is 1. The lowest BCUT2D eigenvalue weighted by Gasteiger charge is -2.21. The largest absolute Gasteiger partial charge is 0.355 e. The van der Waals surface area contributed by atoms with Crippen LogP contribution >= 0.6 is 0 Å². The first-order chi connectivity index (χ1) is 7.50. The van der Waals surface area contributed by atoms with Crippen molar-refractivity contribution >= 4 is 11.8 Å². The fourth-order valence-electron chi connectivity index (χ4n) is 1.55. The summed E-state index contributed by atoms with van der Waals surface area (Å²) in [6, 6.07) is 0.478. The Morgan fingerprint density at radius 3 is 2.81 bits per heavy atom. The standard InChI is InChI=1S/C11H21N3O2/c1-8(2)14(3)5-4-12-11(16)9-6-10(15)13-7-9/h8-9H,4-7H2,1-3H3,(H,12,16)(H,13,15). The summed E-state index contributed by atoms with van der Waals surface area (Å²) >= 11 is 0. The summed E-state index contributed by atoms with van der Waals surface area (Å²) in [5, 5.41) is 5.52. The van der Waals surface area contributed by atoms with E-state index < -0.39 is 0 Å². The van der Waals surface area contributed by atoms with E-state index in [9.17, 15) is 9.59 Å². The van der Waals surface area contributed by atoms with Crippen LogP contribution in [0.5, 0.6) is 0 Å². The molecule has 0 aliphatic carbocycles. The van der Waals surface area contributed by atoms with Crippen LogP contribution in [-0.4, -0.2) is 49.4 Å². The van der Waals surface area contributed by atoms with E-state index in [1.54, 1.807) is 0 Å². The molecular formula is C11H21N3O2. The van der Waals surface area contributed by atoms with E-state index in [1.807, 2.05) is 7.05 Å². The number of carbonyl (C=O) groups excluding carboxylic acids is 2. The van der Waals surface area contributed by atoms with E-state index in [1.165, 1.54) is 0 Å². The summed E-state index contributed by atoms with van der Waals surface area (Å²) in [6.45, 7) is 6.17. The molecule has 0 aromatic rings. The van der Waals surface area contributed by atoms with Gasteiger partial charge in [-0.1, -0.05) is 0 Å². The van der Waals surface area contributed by atoms with Gasteiger partial charge in [0.1, 0.15) is 0 Å². The SMILES string of the molecule is CC(C)N(C)CCNC(=O)C1CNC(=O)C1. The van der Waals surface area contributed by atoms with Gasteiger partial charge in [0.05, 0.1) is 5.92 Å². The van der Waals surface area contributed by atoms with Gasteiger partial charge in [0, 0.05) is 32.1 Å². The van der Waals surface area contributed by atoms with E-state index in [0.29, 0.717) is 25.6 Å². The lowest BCUT2D eigenvalue weighted by molar-refractivity contribution is -0.126. The Morgan fingerprint density at radius 2 is 2.31 bits per heavy atom. The molecule has 0 spiro atoms. The van der Waals surface area contributed by atoms with Gasteiger partial charge in [-0.25, -0.2) is 0 Å². The molecule has 1 unspecified atom stereocenters. The van der Waals surface area contributed by atoms with Crippen molar-refractivity contribution in [2.75, 3.05) is 26.7 Å². The maximum absolute atomic E-state index is 11.6. The topological polar surface area (TPSA) is 61.4 Å². The van der Waals surface area contributed by atoms with Crippen LogP contribution in [0.3, 0.4) is 0 Å². The molecule has 1 fully saturated rings. The molecule has 2 amide bonds. The number of amides is 2. The second kappa shape index (κ2) is 5.84. The van der Waals surface area contributed by atoms with Crippen molar-refractivity contribution in [3.63, 3.8) is 0 Å². The van der Waals surface area contributed by atoms with Crippen molar-refractivity contribution in [3.8, 4) is 0 Å². The van der Waals surface area contributed by atoms with Crippen LogP contribution in [0.4, 0.5) is 0 Å². The first kappa shape index (κ1) is 13.0. The van der Waals surface area contributed by atoms with Gasteiger partial charge in [-0.3, -0.25) is 9.59 Å². The molecule has 92 valence electrons. The van der Waals surface area contributed by atoms with Crippen LogP contribution in [0.15, 0.2) is 0 Å². The summed E-state index contributed by atoms with van der Waals surface area (Å²) < 4.78 is 0. The van der Waals surface area contributed by atoms with E-state index in [0.717, 1.165) is 6.54 Å². The highest BCUT2D eigenvalue weighted by Gasteiger charge is 2.27. The van der Waals surface area contributed by atoms with Gasteiger partial charge < -0.3 is 15.5 Å². The fraction of sp³-hybridized carbons (Fsp3) is 0.818. The van der Waals surface area contributed by atoms with Gasteiger partial charge in [-0.2, -0.15) is 0 Å². The molecule has 1 rings (SSSR count). The number of nitrogens with one attached hydrogen (secondary N) is 2. The average molecular weight is 227 g/mol. The van der Waals surface area contributed by atoms with Crippen LogP contribution in [0, 0.1) is 5.92 Å². The first-order valence-electron chi connectivity index (χ1n) is 5.75. The van der Waals surface area contributed by atoms with E-state index in [2.05, 4.69) is 29.4 Å². The molecule has 2 N–H and O–H groups in total. The zero-order valence-corrected chi connectivity index (χ0v) is 10.2. The van der Waals surface area contributed by atoms with Crippen molar-refractivity contribution in [1.29, 1.82) is 0 Å². The third-order valence-corrected chi connectivity index (χ3v) is 2.99. The third kappa shape index (κ3) is 3.81. The van der Waals surface area contributed by atoms with Gasteiger partial charge >= 0.3 is 0 Å². The molecule has 1 saturated heterocycles. The van der Waals surface area contributed by atoms with Crippen LogP contribution in [0.1, 0.15) is 20.3 Å². The van der Waals surface area contributed by atoms with Gasteiger partial charge in [0.2, 0.25) is 11.8 Å². The van der Waals surface area contributed by atoms with E-state index in [-0.39, 0.29) is 17.7 Å². The Kier molecular flexibility index (Phi) is 4.73. The van der Waals surface area contributed by atoms with E-state index in [4.69, 9.17) is 0 Å². The third-order valence-electron chi connectivity index (χ3n) is 2.99. The first-order valence-corrected chi connectivity index (χ1v) is 5.75. The Bertz CT molecular complexity index is 266. The molecule has 1 aliphatic rings. The minimum atomic E-state index is -0.183. The molecule has 0 aromatic heterocycles. The smallest absolute Gasteiger partial charge is 0.225 e. The predicted octanol–water partition coefficient (Wildman–Crippen LogP) is -0.421. The number of carbonyl (C=O) groups is 2. The normalized spacial score (nSPS) is 20.3. The van der Waals surface area contributed by atoms with Gasteiger partial charge in [0.25, 0.3) is 0 Å². The van der Waals surface area contributed by atoms with Gasteiger partial charge in [0.15, 0.2) is 0 Å². The lowest BCUT2D eigenvalue weighted by atomic mass is 10.1. The zero-order valence-electron chi connectivity index (χ0n) is 10.2. The van der Waals surface area contributed by atoms with Crippen LogP contribution < -0.4 is 10.6 Å². The molecule has 5 heteroatoms. The predicted molar refractivity (Wildman–Crippen MR) is 61.9 cm³/mol. The zero-order chi connectivity index (χ0) is 12.1. The van der Waals surface area contributed by atoms with Crippen LogP contribution in [-0.2, 0) is 9.59 Å². The van der Waals surface area contributed by atoms with Gasteiger partial charge in [-0.15, -0.1) is 0 Å². The van der Waals surface area contributed by atoms with Crippen molar-refractivity contribution in [2.24, 2.45) is 5.92 Å². The van der Waals surface area contributed by atoms with Crippen LogP contribution in [0.2, 0.25) is 0 Å². The van der Waals surface area contributed by atoms with Crippen molar-refractivity contribution < 1.29 is 9.59 Å². The van der Waals surface area contributed by atoms with Gasteiger partial charge in [-0.05, 0) is 20.9 Å². The monoisotopic (exact) mass is 227 g/mol. The Hall–Kier alpha value is -1.10. The summed E-state index contributed by atoms with van der Waals surface area (Å²) in [7, 11) is 2.03. The molecule has 0 bridgehead atoms. The van der Waals surface area contributed by atoms with Crippen molar-refractivity contribution in [3.05, 3.63) is 0 Å². The highest BCUT2D eigenvalue weighted by Crippen LogP contribution is 2.08. The molecule has 16 heavy (non-hydrogen) atoms. The number of nitrogens with zero attached hydrogens (tertiary/aromatic N) is 1.